The first-order valence-electron chi connectivity index (χ1n) is 17.2. The molecule has 9 heteroatoms. The lowest BCUT2D eigenvalue weighted by Gasteiger charge is -2.46. The number of rotatable bonds is 10. The number of ether oxygens (including phenoxy) is 1. The number of benzene rings is 1. The molecule has 1 aromatic carbocycles. The SMILES string of the molecule is COCCCN(C[C@]1(O)CC[C@H]2c3ccc(cc3C(=O)C3CCCCC3)C[C@@H](O)CCC(C)=CCC[C@@]21C)S(=O)(=O)c1cccs1. The van der Waals surface area contributed by atoms with Gasteiger partial charge in [0.15, 0.2) is 5.78 Å². The predicted molar refractivity (Wildman–Crippen MR) is 184 cm³/mol. The standard InChI is InChI=1S/C37H53NO6S2/c1-27-10-7-19-36(2)33(18-20-37(36,41)26-38(21-9-22-44-3)46(42,43)34-13-8-23-45-34)31-17-15-28(24-30(39)16-14-27)25-32(31)35(40)29-11-5-4-6-12-29/h8,10,13,15,17,23,25,29-30,33,39,41H,4-7,9,11-12,14,16,18-22,24,26H2,1-3H3/t30-,33-,36-,37+/m0/s1. The number of hydrogen-bond acceptors (Lipinski definition) is 7. The first-order valence-corrected chi connectivity index (χ1v) is 19.6. The molecule has 2 fully saturated rings. The molecule has 4 aliphatic rings. The summed E-state index contributed by atoms with van der Waals surface area (Å²) >= 11 is 1.19. The summed E-state index contributed by atoms with van der Waals surface area (Å²) in [6.07, 6.45) is 11.8. The third-order valence-corrected chi connectivity index (χ3v) is 14.4. The molecule has 0 saturated heterocycles. The van der Waals surface area contributed by atoms with E-state index < -0.39 is 27.1 Å². The maximum atomic E-state index is 14.3. The molecule has 2 saturated carbocycles. The van der Waals surface area contributed by atoms with Crippen LogP contribution in [0.5, 0.6) is 0 Å². The van der Waals surface area contributed by atoms with Gasteiger partial charge in [0.05, 0.1) is 11.7 Å². The molecule has 2 bridgehead atoms. The fourth-order valence-corrected chi connectivity index (χ4v) is 11.0. The van der Waals surface area contributed by atoms with Crippen LogP contribution in [0.3, 0.4) is 0 Å². The summed E-state index contributed by atoms with van der Waals surface area (Å²) < 4.78 is 34.9. The van der Waals surface area contributed by atoms with Crippen molar-refractivity contribution in [1.82, 2.24) is 4.31 Å². The normalized spacial score (nSPS) is 28.2. The van der Waals surface area contributed by atoms with Crippen molar-refractivity contribution in [2.24, 2.45) is 11.3 Å². The third kappa shape index (κ3) is 7.55. The van der Waals surface area contributed by atoms with Crippen molar-refractivity contribution in [3.8, 4) is 0 Å². The second-order valence-electron chi connectivity index (χ2n) is 14.3. The van der Waals surface area contributed by atoms with Crippen LogP contribution in [0.15, 0.2) is 51.6 Å². The van der Waals surface area contributed by atoms with Gasteiger partial charge in [-0.2, -0.15) is 4.31 Å². The van der Waals surface area contributed by atoms with Gasteiger partial charge in [-0.05, 0) is 106 Å². The molecule has 2 aromatic rings. The van der Waals surface area contributed by atoms with E-state index in [1.165, 1.54) is 27.6 Å². The lowest BCUT2D eigenvalue weighted by Crippen LogP contribution is -2.54. The van der Waals surface area contributed by atoms with Crippen LogP contribution in [0, 0.1) is 11.3 Å². The first kappa shape index (κ1) is 35.4. The summed E-state index contributed by atoms with van der Waals surface area (Å²) in [6, 6.07) is 9.54. The molecule has 4 aliphatic carbocycles. The highest BCUT2D eigenvalue weighted by atomic mass is 32.2. The largest absolute Gasteiger partial charge is 0.393 e. The van der Waals surface area contributed by atoms with E-state index in [2.05, 4.69) is 32.1 Å². The second kappa shape index (κ2) is 15.1. The van der Waals surface area contributed by atoms with Gasteiger partial charge in [-0.1, -0.05) is 56.0 Å². The van der Waals surface area contributed by atoms with Crippen molar-refractivity contribution < 1.29 is 28.2 Å². The zero-order valence-corrected chi connectivity index (χ0v) is 29.5. The topological polar surface area (TPSA) is 104 Å². The highest BCUT2D eigenvalue weighted by Gasteiger charge is 2.58. The minimum absolute atomic E-state index is 0.00380. The van der Waals surface area contributed by atoms with Crippen molar-refractivity contribution in [2.45, 2.75) is 119 Å². The minimum Gasteiger partial charge on any atom is -0.393 e. The fourth-order valence-electron chi connectivity index (χ4n) is 8.30. The number of carbonyl (C=O) groups excluding carboxylic acids is 1. The molecule has 0 amide bonds. The number of ketones is 1. The predicted octanol–water partition coefficient (Wildman–Crippen LogP) is 7.28. The Morgan fingerprint density at radius 1 is 1.11 bits per heavy atom. The van der Waals surface area contributed by atoms with Crippen LogP contribution in [-0.2, 0) is 21.2 Å². The number of Topliss-reactive ketones (excluding diaryl/α,β-unsaturated/α-hetero) is 1. The number of hydrogen-bond donors (Lipinski definition) is 2. The van der Waals surface area contributed by atoms with Crippen LogP contribution < -0.4 is 0 Å². The summed E-state index contributed by atoms with van der Waals surface area (Å²) in [6.45, 7) is 4.88. The molecule has 0 aliphatic heterocycles. The van der Waals surface area contributed by atoms with Crippen molar-refractivity contribution >= 4 is 27.1 Å². The number of aliphatic hydroxyl groups is 2. The maximum Gasteiger partial charge on any atom is 0.252 e. The van der Waals surface area contributed by atoms with Crippen molar-refractivity contribution in [3.05, 3.63) is 64.1 Å². The lowest BCUT2D eigenvalue weighted by atomic mass is 9.64. The van der Waals surface area contributed by atoms with E-state index in [-0.39, 0.29) is 34.9 Å². The Bertz CT molecular complexity index is 1460. The molecule has 46 heavy (non-hydrogen) atoms. The summed E-state index contributed by atoms with van der Waals surface area (Å²) in [5.41, 5.74) is 1.88. The van der Waals surface area contributed by atoms with Crippen molar-refractivity contribution in [2.75, 3.05) is 26.8 Å². The number of methoxy groups -OCH3 is 1. The molecule has 4 atom stereocenters. The Kier molecular flexibility index (Phi) is 11.6. The molecular weight excluding hydrogens is 619 g/mol. The van der Waals surface area contributed by atoms with Gasteiger partial charge in [0.1, 0.15) is 4.21 Å². The quantitative estimate of drug-likeness (QED) is 0.156. The number of nitrogens with zero attached hydrogens (tertiary/aromatic N) is 1. The highest BCUT2D eigenvalue weighted by Crippen LogP contribution is 2.59. The lowest BCUT2D eigenvalue weighted by molar-refractivity contribution is -0.0727. The van der Waals surface area contributed by atoms with Gasteiger partial charge in [-0.25, -0.2) is 8.42 Å². The number of carbonyl (C=O) groups is 1. The average molecular weight is 672 g/mol. The van der Waals surface area contributed by atoms with Gasteiger partial charge >= 0.3 is 0 Å². The summed E-state index contributed by atoms with van der Waals surface area (Å²) in [5.74, 6) is 0.0601. The van der Waals surface area contributed by atoms with Crippen LogP contribution in [0.1, 0.15) is 118 Å². The molecular formula is C37H53NO6S2. The van der Waals surface area contributed by atoms with Gasteiger partial charge in [-0.3, -0.25) is 4.79 Å². The Hall–Kier alpha value is -1.88. The van der Waals surface area contributed by atoms with Crippen LogP contribution >= 0.6 is 11.3 Å². The van der Waals surface area contributed by atoms with E-state index in [1.54, 1.807) is 24.6 Å². The third-order valence-electron chi connectivity index (χ3n) is 11.2. The van der Waals surface area contributed by atoms with E-state index in [1.807, 2.05) is 6.07 Å². The minimum atomic E-state index is -3.83. The maximum absolute atomic E-state index is 14.3. The van der Waals surface area contributed by atoms with Gasteiger partial charge in [0, 0.05) is 43.7 Å². The van der Waals surface area contributed by atoms with Crippen molar-refractivity contribution in [1.29, 1.82) is 0 Å². The number of fused-ring (bicyclic) bond motifs is 8. The fraction of sp³-hybridized carbons (Fsp3) is 0.649. The Labute approximate surface area is 280 Å². The van der Waals surface area contributed by atoms with Crippen LogP contribution in [0.4, 0.5) is 0 Å². The Balaban J connectivity index is 1.58. The molecule has 2 N–H and O–H groups in total. The summed E-state index contributed by atoms with van der Waals surface area (Å²) in [7, 11) is -2.22. The van der Waals surface area contributed by atoms with Gasteiger partial charge in [0.2, 0.25) is 0 Å². The Morgan fingerprint density at radius 2 is 1.89 bits per heavy atom. The summed E-state index contributed by atoms with van der Waals surface area (Å²) in [4.78, 5) is 14.3. The summed E-state index contributed by atoms with van der Waals surface area (Å²) in [5, 5.41) is 25.5. The smallest absolute Gasteiger partial charge is 0.252 e. The Morgan fingerprint density at radius 3 is 2.61 bits per heavy atom. The number of thiophene rings is 1. The second-order valence-corrected chi connectivity index (χ2v) is 17.4. The van der Waals surface area contributed by atoms with E-state index in [0.717, 1.165) is 55.2 Å². The zero-order valence-electron chi connectivity index (χ0n) is 27.9. The van der Waals surface area contributed by atoms with Gasteiger partial charge in [-0.15, -0.1) is 11.3 Å². The molecule has 0 spiro atoms. The van der Waals surface area contributed by atoms with E-state index >= 15 is 0 Å². The monoisotopic (exact) mass is 671 g/mol. The number of aliphatic hydroxyl groups excluding tert-OH is 1. The highest BCUT2D eigenvalue weighted by molar-refractivity contribution is 7.91. The van der Waals surface area contributed by atoms with Gasteiger partial charge < -0.3 is 14.9 Å². The number of sulfonamides is 1. The van der Waals surface area contributed by atoms with Crippen LogP contribution in [-0.4, -0.2) is 67.2 Å². The molecule has 1 aromatic heterocycles. The molecule has 6 rings (SSSR count). The van der Waals surface area contributed by atoms with E-state index in [4.69, 9.17) is 4.74 Å². The zero-order chi connectivity index (χ0) is 33.0. The van der Waals surface area contributed by atoms with E-state index in [9.17, 15) is 23.4 Å². The van der Waals surface area contributed by atoms with E-state index in [0.29, 0.717) is 45.1 Å². The molecule has 1 heterocycles. The average Bonchev–Trinajstić information content (AvgIpc) is 3.67. The van der Waals surface area contributed by atoms with Crippen LogP contribution in [0.25, 0.3) is 0 Å². The van der Waals surface area contributed by atoms with Crippen molar-refractivity contribution in [3.63, 3.8) is 0 Å². The van der Waals surface area contributed by atoms with Gasteiger partial charge in [0.25, 0.3) is 10.0 Å². The molecule has 0 unspecified atom stereocenters. The van der Waals surface area contributed by atoms with Crippen LogP contribution in [0.2, 0.25) is 0 Å². The molecule has 254 valence electrons. The first-order chi connectivity index (χ1) is 22.0. The molecule has 0 radical (unpaired) electrons. The number of allylic oxidation sites excluding steroid dienone is 2. The molecule has 7 nitrogen and oxygen atoms in total.